The maximum absolute atomic E-state index is 9.14. The Morgan fingerprint density at radius 2 is 1.65 bits per heavy atom. The van der Waals surface area contributed by atoms with Crippen LogP contribution in [0.5, 0.6) is 17.2 Å². The van der Waals surface area contributed by atoms with Crippen molar-refractivity contribution in [1.82, 2.24) is 0 Å². The van der Waals surface area contributed by atoms with Gasteiger partial charge in [-0.15, -0.1) is 0 Å². The summed E-state index contributed by atoms with van der Waals surface area (Å²) in [5, 5.41) is 9.14. The molecule has 0 aliphatic rings. The fourth-order valence-electron chi connectivity index (χ4n) is 1.52. The van der Waals surface area contributed by atoms with Crippen molar-refractivity contribution in [3.8, 4) is 17.2 Å². The second-order valence-corrected chi connectivity index (χ2v) is 3.59. The molecule has 0 saturated heterocycles. The van der Waals surface area contributed by atoms with Gasteiger partial charge in [0.2, 0.25) is 0 Å². The summed E-state index contributed by atoms with van der Waals surface area (Å²) in [5.41, 5.74) is 0.760. The molecule has 17 heavy (non-hydrogen) atoms. The van der Waals surface area contributed by atoms with Crippen LogP contribution in [-0.2, 0) is 6.61 Å². The number of hydrogen-bond donors (Lipinski definition) is 1. The predicted octanol–water partition coefficient (Wildman–Crippen LogP) is 2.98. The van der Waals surface area contributed by atoms with Crippen molar-refractivity contribution in [3.63, 3.8) is 0 Å². The molecule has 0 spiro atoms. The van der Waals surface area contributed by atoms with Crippen molar-refractivity contribution < 1.29 is 14.6 Å². The summed E-state index contributed by atoms with van der Waals surface area (Å²) >= 11 is 0. The Morgan fingerprint density at radius 3 is 2.29 bits per heavy atom. The summed E-state index contributed by atoms with van der Waals surface area (Å²) in [7, 11) is 1.59. The summed E-state index contributed by atoms with van der Waals surface area (Å²) < 4.78 is 10.8. The molecule has 0 saturated carbocycles. The van der Waals surface area contributed by atoms with Gasteiger partial charge in [-0.3, -0.25) is 0 Å². The normalized spacial score (nSPS) is 10.0. The average molecular weight is 230 g/mol. The molecule has 0 atom stereocenters. The first-order valence-electron chi connectivity index (χ1n) is 5.33. The Labute approximate surface area is 100 Å². The number of methoxy groups -OCH3 is 1. The van der Waals surface area contributed by atoms with Crippen molar-refractivity contribution in [2.45, 2.75) is 6.61 Å². The van der Waals surface area contributed by atoms with E-state index >= 15 is 0 Å². The summed E-state index contributed by atoms with van der Waals surface area (Å²) in [6.45, 7) is -0.0393. The molecule has 0 radical (unpaired) electrons. The Balaban J connectivity index is 2.26. The van der Waals surface area contributed by atoms with E-state index in [-0.39, 0.29) is 6.61 Å². The zero-order chi connectivity index (χ0) is 12.1. The minimum absolute atomic E-state index is 0.0393. The third kappa shape index (κ3) is 2.98. The highest BCUT2D eigenvalue weighted by molar-refractivity contribution is 5.40. The zero-order valence-corrected chi connectivity index (χ0v) is 9.59. The molecule has 0 amide bonds. The van der Waals surface area contributed by atoms with Crippen molar-refractivity contribution >= 4 is 0 Å². The lowest BCUT2D eigenvalue weighted by atomic mass is 10.2. The van der Waals surface area contributed by atoms with Gasteiger partial charge in [-0.2, -0.15) is 0 Å². The first kappa shape index (κ1) is 11.5. The monoisotopic (exact) mass is 230 g/mol. The van der Waals surface area contributed by atoms with Gasteiger partial charge in [0.25, 0.3) is 0 Å². The molecule has 0 unspecified atom stereocenters. The van der Waals surface area contributed by atoms with Gasteiger partial charge in [0.1, 0.15) is 17.2 Å². The molecule has 0 aliphatic heterocycles. The Bertz CT molecular complexity index is 458. The van der Waals surface area contributed by atoms with E-state index in [1.165, 1.54) is 0 Å². The molecule has 88 valence electrons. The van der Waals surface area contributed by atoms with Crippen LogP contribution < -0.4 is 9.47 Å². The van der Waals surface area contributed by atoms with Crippen molar-refractivity contribution in [3.05, 3.63) is 54.1 Å². The van der Waals surface area contributed by atoms with Gasteiger partial charge in [-0.25, -0.2) is 0 Å². The van der Waals surface area contributed by atoms with E-state index in [4.69, 9.17) is 14.6 Å². The van der Waals surface area contributed by atoms with E-state index in [2.05, 4.69) is 0 Å². The number of aliphatic hydroxyl groups excluding tert-OH is 1. The van der Waals surface area contributed by atoms with Gasteiger partial charge >= 0.3 is 0 Å². The fraction of sp³-hybridized carbons (Fsp3) is 0.143. The van der Waals surface area contributed by atoms with Crippen molar-refractivity contribution in [2.24, 2.45) is 0 Å². The first-order valence-corrected chi connectivity index (χ1v) is 5.33. The Kier molecular flexibility index (Phi) is 3.62. The van der Waals surface area contributed by atoms with Crippen molar-refractivity contribution in [1.29, 1.82) is 0 Å². The molecule has 2 aromatic carbocycles. The highest BCUT2D eigenvalue weighted by Gasteiger charge is 2.02. The molecule has 3 heteroatoms. The minimum Gasteiger partial charge on any atom is -0.497 e. The lowest BCUT2D eigenvalue weighted by molar-refractivity contribution is 0.280. The first-order chi connectivity index (χ1) is 8.31. The van der Waals surface area contributed by atoms with E-state index in [0.29, 0.717) is 11.5 Å². The largest absolute Gasteiger partial charge is 0.497 e. The van der Waals surface area contributed by atoms with Gasteiger partial charge in [0.15, 0.2) is 0 Å². The summed E-state index contributed by atoms with van der Waals surface area (Å²) in [4.78, 5) is 0. The third-order valence-electron chi connectivity index (χ3n) is 2.34. The van der Waals surface area contributed by atoms with Crippen LogP contribution in [0.1, 0.15) is 5.56 Å². The number of hydrogen-bond acceptors (Lipinski definition) is 3. The molecule has 0 aromatic heterocycles. The molecule has 2 rings (SSSR count). The smallest absolute Gasteiger partial charge is 0.131 e. The van der Waals surface area contributed by atoms with Crippen LogP contribution >= 0.6 is 0 Å². The van der Waals surface area contributed by atoms with Crippen LogP contribution in [0.3, 0.4) is 0 Å². The minimum atomic E-state index is -0.0393. The van der Waals surface area contributed by atoms with Crippen LogP contribution in [0.2, 0.25) is 0 Å². The second-order valence-electron chi connectivity index (χ2n) is 3.59. The van der Waals surface area contributed by atoms with Crippen LogP contribution in [0, 0.1) is 0 Å². The maximum atomic E-state index is 9.14. The molecule has 0 heterocycles. The molecule has 3 nitrogen and oxygen atoms in total. The van der Waals surface area contributed by atoms with Gasteiger partial charge in [-0.05, 0) is 29.8 Å². The van der Waals surface area contributed by atoms with Gasteiger partial charge in [0.05, 0.1) is 13.7 Å². The molecule has 2 aromatic rings. The van der Waals surface area contributed by atoms with Crippen molar-refractivity contribution in [2.75, 3.05) is 7.11 Å². The highest BCUT2D eigenvalue weighted by atomic mass is 16.5. The van der Waals surface area contributed by atoms with E-state index in [0.717, 1.165) is 11.3 Å². The summed E-state index contributed by atoms with van der Waals surface area (Å²) in [5.74, 6) is 2.08. The van der Waals surface area contributed by atoms with E-state index < -0.39 is 0 Å². The number of aliphatic hydroxyl groups is 1. The quantitative estimate of drug-likeness (QED) is 0.877. The molecular formula is C14H14O3. The lowest BCUT2D eigenvalue weighted by Crippen LogP contribution is -1.91. The number of benzene rings is 2. The predicted molar refractivity (Wildman–Crippen MR) is 65.4 cm³/mol. The lowest BCUT2D eigenvalue weighted by Gasteiger charge is -2.09. The molecule has 1 N–H and O–H groups in total. The molecule has 0 bridgehead atoms. The van der Waals surface area contributed by atoms with Gasteiger partial charge in [0, 0.05) is 6.07 Å². The van der Waals surface area contributed by atoms with Crippen LogP contribution in [0.15, 0.2) is 48.5 Å². The summed E-state index contributed by atoms with van der Waals surface area (Å²) in [6, 6.07) is 14.8. The standard InChI is InChI=1S/C14H14O3/c1-16-13-7-11(10-15)8-14(9-13)17-12-5-3-2-4-6-12/h2-9,15H,10H2,1H3. The van der Waals surface area contributed by atoms with Crippen LogP contribution in [0.4, 0.5) is 0 Å². The average Bonchev–Trinajstić information content (AvgIpc) is 2.39. The Morgan fingerprint density at radius 1 is 0.941 bits per heavy atom. The third-order valence-corrected chi connectivity index (χ3v) is 2.34. The molecular weight excluding hydrogens is 216 g/mol. The fourth-order valence-corrected chi connectivity index (χ4v) is 1.52. The maximum Gasteiger partial charge on any atom is 0.131 e. The Hall–Kier alpha value is -2.00. The SMILES string of the molecule is COc1cc(CO)cc(Oc2ccccc2)c1. The number of para-hydroxylation sites is 1. The number of rotatable bonds is 4. The molecule has 0 aliphatic carbocycles. The van der Waals surface area contributed by atoms with Crippen LogP contribution in [0.25, 0.3) is 0 Å². The highest BCUT2D eigenvalue weighted by Crippen LogP contribution is 2.27. The van der Waals surface area contributed by atoms with Crippen LogP contribution in [-0.4, -0.2) is 12.2 Å². The molecule has 0 fully saturated rings. The zero-order valence-electron chi connectivity index (χ0n) is 9.59. The number of ether oxygens (including phenoxy) is 2. The topological polar surface area (TPSA) is 38.7 Å². The van der Waals surface area contributed by atoms with E-state index in [9.17, 15) is 0 Å². The van der Waals surface area contributed by atoms with Gasteiger partial charge < -0.3 is 14.6 Å². The van der Waals surface area contributed by atoms with Gasteiger partial charge in [-0.1, -0.05) is 18.2 Å². The summed E-state index contributed by atoms with van der Waals surface area (Å²) in [6.07, 6.45) is 0. The van der Waals surface area contributed by atoms with E-state index in [1.807, 2.05) is 30.3 Å². The second kappa shape index (κ2) is 5.37. The van der Waals surface area contributed by atoms with E-state index in [1.54, 1.807) is 25.3 Å².